The summed E-state index contributed by atoms with van der Waals surface area (Å²) in [5, 5.41) is 0. The third-order valence-electron chi connectivity index (χ3n) is 4.40. The number of amides is 1. The van der Waals surface area contributed by atoms with E-state index in [0.29, 0.717) is 19.8 Å². The van der Waals surface area contributed by atoms with Crippen LogP contribution in [-0.4, -0.2) is 57.2 Å². The fourth-order valence-corrected chi connectivity index (χ4v) is 2.75. The normalized spacial score (nSPS) is 15.6. The average Bonchev–Trinajstić information content (AvgIpc) is 2.59. The van der Waals surface area contributed by atoms with Crippen LogP contribution in [0.4, 0.5) is 5.69 Å². The van der Waals surface area contributed by atoms with Gasteiger partial charge in [0, 0.05) is 46.1 Å². The molecule has 1 aromatic rings. The number of nitrogens with zero attached hydrogens (tertiary/aromatic N) is 2. The topological polar surface area (TPSA) is 58.8 Å². The fourth-order valence-electron chi connectivity index (χ4n) is 2.75. The molecule has 5 nitrogen and oxygen atoms in total. The summed E-state index contributed by atoms with van der Waals surface area (Å²) in [5.74, 6) is 0.281. The van der Waals surface area contributed by atoms with Gasteiger partial charge in [0.05, 0.1) is 6.04 Å². The summed E-state index contributed by atoms with van der Waals surface area (Å²) in [6.07, 6.45) is 1.76. The summed E-state index contributed by atoms with van der Waals surface area (Å²) in [6.45, 7) is 2.88. The molecule has 1 aliphatic heterocycles. The van der Waals surface area contributed by atoms with E-state index in [9.17, 15) is 4.79 Å². The number of nitrogens with two attached hydrogens (primary N) is 1. The summed E-state index contributed by atoms with van der Waals surface area (Å²) < 4.78 is 5.33. The second-order valence-electron chi connectivity index (χ2n) is 5.99. The predicted molar refractivity (Wildman–Crippen MR) is 103 cm³/mol. The molecule has 1 saturated heterocycles. The van der Waals surface area contributed by atoms with Crippen molar-refractivity contribution in [3.63, 3.8) is 0 Å². The van der Waals surface area contributed by atoms with Crippen LogP contribution in [0, 0.1) is 5.92 Å². The number of rotatable bonds is 6. The van der Waals surface area contributed by atoms with Gasteiger partial charge in [-0.25, -0.2) is 0 Å². The number of halogens is 2. The van der Waals surface area contributed by atoms with Gasteiger partial charge >= 0.3 is 0 Å². The van der Waals surface area contributed by atoms with Gasteiger partial charge in [0.2, 0.25) is 5.91 Å². The molecule has 7 heteroatoms. The van der Waals surface area contributed by atoms with Crippen molar-refractivity contribution in [2.75, 3.05) is 45.3 Å². The number of benzene rings is 1. The molecule has 1 fully saturated rings. The first kappa shape index (κ1) is 23.0. The van der Waals surface area contributed by atoms with Crippen LogP contribution >= 0.6 is 24.8 Å². The molecular formula is C17H29Cl2N3O2. The van der Waals surface area contributed by atoms with Gasteiger partial charge in [0.15, 0.2) is 0 Å². The molecule has 2 N–H and O–H groups in total. The van der Waals surface area contributed by atoms with E-state index in [4.69, 9.17) is 10.5 Å². The molecule has 0 aromatic heterocycles. The zero-order valence-corrected chi connectivity index (χ0v) is 16.0. The zero-order valence-electron chi connectivity index (χ0n) is 14.4. The number of carbonyl (C=O) groups is 1. The van der Waals surface area contributed by atoms with E-state index in [-0.39, 0.29) is 36.6 Å². The Labute approximate surface area is 157 Å². The van der Waals surface area contributed by atoms with Crippen molar-refractivity contribution in [1.29, 1.82) is 0 Å². The summed E-state index contributed by atoms with van der Waals surface area (Å²) in [5.41, 5.74) is 7.30. The Morgan fingerprint density at radius 1 is 1.17 bits per heavy atom. The van der Waals surface area contributed by atoms with Crippen LogP contribution in [-0.2, 0) is 9.53 Å². The highest BCUT2D eigenvalue weighted by Gasteiger charge is 2.28. The van der Waals surface area contributed by atoms with Crippen LogP contribution in [0.5, 0.6) is 0 Å². The van der Waals surface area contributed by atoms with Gasteiger partial charge in [-0.2, -0.15) is 0 Å². The van der Waals surface area contributed by atoms with Crippen LogP contribution < -0.4 is 10.6 Å². The number of hydrogen-bond donors (Lipinski definition) is 1. The lowest BCUT2D eigenvalue weighted by Gasteiger charge is -2.30. The van der Waals surface area contributed by atoms with Gasteiger partial charge in [-0.3, -0.25) is 4.79 Å². The lowest BCUT2D eigenvalue weighted by atomic mass is 9.91. The van der Waals surface area contributed by atoms with E-state index in [0.717, 1.165) is 25.1 Å². The molecule has 24 heavy (non-hydrogen) atoms. The van der Waals surface area contributed by atoms with E-state index in [2.05, 4.69) is 17.0 Å². The molecule has 1 aliphatic rings. The minimum atomic E-state index is -0.407. The molecule has 0 bridgehead atoms. The molecule has 0 saturated carbocycles. The van der Waals surface area contributed by atoms with Gasteiger partial charge in [-0.1, -0.05) is 18.2 Å². The SMILES string of the molecule is CN(CCN(C)c1ccccc1)C(=O)C(N)C1CCOCC1.Cl.Cl. The van der Waals surface area contributed by atoms with Crippen molar-refractivity contribution in [1.82, 2.24) is 4.90 Å². The van der Waals surface area contributed by atoms with Gasteiger partial charge in [-0.05, 0) is 30.9 Å². The first-order chi connectivity index (χ1) is 10.6. The molecule has 0 aliphatic carbocycles. The third kappa shape index (κ3) is 6.48. The quantitative estimate of drug-likeness (QED) is 0.825. The van der Waals surface area contributed by atoms with E-state index < -0.39 is 6.04 Å². The third-order valence-corrected chi connectivity index (χ3v) is 4.40. The average molecular weight is 378 g/mol. The van der Waals surface area contributed by atoms with Crippen LogP contribution in [0.3, 0.4) is 0 Å². The standard InChI is InChI=1S/C17H27N3O2.2ClH/c1-19(15-6-4-3-5-7-15)10-11-20(2)17(21)16(18)14-8-12-22-13-9-14;;/h3-7,14,16H,8-13,18H2,1-2H3;2*1H. The highest BCUT2D eigenvalue weighted by Crippen LogP contribution is 2.18. The summed E-state index contributed by atoms with van der Waals surface area (Å²) >= 11 is 0. The van der Waals surface area contributed by atoms with Gasteiger partial charge in [0.1, 0.15) is 0 Å². The second kappa shape index (κ2) is 11.5. The van der Waals surface area contributed by atoms with Crippen LogP contribution in [0.15, 0.2) is 30.3 Å². The number of anilines is 1. The summed E-state index contributed by atoms with van der Waals surface area (Å²) in [4.78, 5) is 16.3. The molecule has 1 unspecified atom stereocenters. The van der Waals surface area contributed by atoms with Gasteiger partial charge < -0.3 is 20.3 Å². The van der Waals surface area contributed by atoms with Gasteiger partial charge in [0.25, 0.3) is 0 Å². The van der Waals surface area contributed by atoms with Crippen LogP contribution in [0.2, 0.25) is 0 Å². The molecule has 2 rings (SSSR count). The van der Waals surface area contributed by atoms with Crippen molar-refractivity contribution < 1.29 is 9.53 Å². The van der Waals surface area contributed by atoms with E-state index in [1.165, 1.54) is 0 Å². The van der Waals surface area contributed by atoms with Crippen LogP contribution in [0.25, 0.3) is 0 Å². The fraction of sp³-hybridized carbons (Fsp3) is 0.588. The lowest BCUT2D eigenvalue weighted by Crippen LogP contribution is -2.49. The van der Waals surface area contributed by atoms with E-state index in [1.807, 2.05) is 32.3 Å². The summed E-state index contributed by atoms with van der Waals surface area (Å²) in [7, 11) is 3.87. The Bertz CT molecular complexity index is 470. The van der Waals surface area contributed by atoms with Crippen molar-refractivity contribution in [3.8, 4) is 0 Å². The number of likely N-dealkylation sites (N-methyl/N-ethyl adjacent to an activating group) is 2. The van der Waals surface area contributed by atoms with Crippen molar-refractivity contribution in [2.24, 2.45) is 11.7 Å². The molecule has 1 atom stereocenters. The highest BCUT2D eigenvalue weighted by molar-refractivity contribution is 5.85. The maximum atomic E-state index is 12.4. The molecule has 1 aromatic carbocycles. The largest absolute Gasteiger partial charge is 0.381 e. The minimum Gasteiger partial charge on any atom is -0.381 e. The number of para-hydroxylation sites is 1. The van der Waals surface area contributed by atoms with Crippen molar-refractivity contribution in [2.45, 2.75) is 18.9 Å². The molecule has 1 amide bonds. The second-order valence-corrected chi connectivity index (χ2v) is 5.99. The first-order valence-corrected chi connectivity index (χ1v) is 7.94. The molecular weight excluding hydrogens is 349 g/mol. The van der Waals surface area contributed by atoms with Crippen LogP contribution in [0.1, 0.15) is 12.8 Å². The maximum absolute atomic E-state index is 12.4. The Balaban J connectivity index is 0.00000264. The molecule has 0 spiro atoms. The first-order valence-electron chi connectivity index (χ1n) is 7.94. The lowest BCUT2D eigenvalue weighted by molar-refractivity contribution is -0.133. The Morgan fingerprint density at radius 3 is 2.33 bits per heavy atom. The Kier molecular flexibility index (Phi) is 11.0. The van der Waals surface area contributed by atoms with Crippen molar-refractivity contribution in [3.05, 3.63) is 30.3 Å². The predicted octanol–water partition coefficient (Wildman–Crippen LogP) is 2.18. The number of carbonyl (C=O) groups excluding carboxylic acids is 1. The zero-order chi connectivity index (χ0) is 15.9. The summed E-state index contributed by atoms with van der Waals surface area (Å²) in [6, 6.07) is 9.75. The highest BCUT2D eigenvalue weighted by atomic mass is 35.5. The number of ether oxygens (including phenoxy) is 1. The number of hydrogen-bond acceptors (Lipinski definition) is 4. The minimum absolute atomic E-state index is 0. The Hall–Kier alpha value is -1.01. The van der Waals surface area contributed by atoms with E-state index >= 15 is 0 Å². The van der Waals surface area contributed by atoms with Crippen molar-refractivity contribution >= 4 is 36.4 Å². The molecule has 138 valence electrons. The van der Waals surface area contributed by atoms with E-state index in [1.54, 1.807) is 4.90 Å². The molecule has 0 radical (unpaired) electrons. The smallest absolute Gasteiger partial charge is 0.239 e. The monoisotopic (exact) mass is 377 g/mol. The Morgan fingerprint density at radius 2 is 1.75 bits per heavy atom. The maximum Gasteiger partial charge on any atom is 0.239 e. The molecule has 1 heterocycles. The van der Waals surface area contributed by atoms with Gasteiger partial charge in [-0.15, -0.1) is 24.8 Å².